The maximum absolute atomic E-state index is 13.1. The second-order valence-corrected chi connectivity index (χ2v) is 8.28. The third kappa shape index (κ3) is 5.02. The molecule has 0 aliphatic heterocycles. The van der Waals surface area contributed by atoms with Gasteiger partial charge in [0.25, 0.3) is 11.6 Å². The van der Waals surface area contributed by atoms with Crippen LogP contribution in [-0.4, -0.2) is 28.6 Å². The first kappa shape index (κ1) is 23.0. The van der Waals surface area contributed by atoms with Gasteiger partial charge in [-0.05, 0) is 42.7 Å². The van der Waals surface area contributed by atoms with Gasteiger partial charge >= 0.3 is 5.97 Å². The van der Waals surface area contributed by atoms with Crippen LogP contribution in [0.3, 0.4) is 0 Å². The predicted octanol–water partition coefficient (Wildman–Crippen LogP) is 5.05. The number of nitrogens with one attached hydrogen (secondary N) is 1. The molecule has 0 spiro atoms. The van der Waals surface area contributed by atoms with Crippen LogP contribution < -0.4 is 5.32 Å². The van der Waals surface area contributed by atoms with E-state index in [0.29, 0.717) is 29.0 Å². The average molecular weight is 482 g/mol. The normalized spacial score (nSPS) is 11.8. The number of hydrogen-bond donors (Lipinski definition) is 1. The lowest BCUT2D eigenvalue weighted by atomic mass is 9.99. The Hall–Kier alpha value is -4.72. The van der Waals surface area contributed by atoms with Crippen LogP contribution in [0.2, 0.25) is 0 Å². The molecule has 3 heterocycles. The zero-order valence-corrected chi connectivity index (χ0v) is 19.5. The van der Waals surface area contributed by atoms with Crippen LogP contribution in [-0.2, 0) is 16.0 Å². The van der Waals surface area contributed by atoms with Gasteiger partial charge in [-0.2, -0.15) is 0 Å². The molecule has 0 radical (unpaired) electrons. The molecule has 1 unspecified atom stereocenters. The molecule has 180 valence electrons. The van der Waals surface area contributed by atoms with Gasteiger partial charge in [0.05, 0.1) is 28.9 Å². The zero-order chi connectivity index (χ0) is 24.9. The van der Waals surface area contributed by atoms with Crippen LogP contribution in [0.5, 0.6) is 0 Å². The van der Waals surface area contributed by atoms with E-state index in [1.165, 1.54) is 6.26 Å². The van der Waals surface area contributed by atoms with Crippen LogP contribution in [0.15, 0.2) is 94.1 Å². The van der Waals surface area contributed by atoms with E-state index in [0.717, 1.165) is 11.1 Å². The third-order valence-electron chi connectivity index (χ3n) is 5.76. The highest BCUT2D eigenvalue weighted by Gasteiger charge is 2.23. The van der Waals surface area contributed by atoms with Gasteiger partial charge in [0, 0.05) is 0 Å². The molecule has 0 fully saturated rings. The number of aromatic nitrogens is 2. The number of fused-ring (bicyclic) bond motifs is 1. The van der Waals surface area contributed by atoms with Crippen LogP contribution in [0, 0.1) is 6.92 Å². The Balaban J connectivity index is 1.32. The molecule has 8 nitrogen and oxygen atoms in total. The number of pyridine rings is 1. The molecule has 1 atom stereocenters. The van der Waals surface area contributed by atoms with Gasteiger partial charge in [0.1, 0.15) is 5.69 Å². The monoisotopic (exact) mass is 481 g/mol. The van der Waals surface area contributed by atoms with Gasteiger partial charge in [-0.1, -0.05) is 65.8 Å². The summed E-state index contributed by atoms with van der Waals surface area (Å²) in [5, 5.41) is 7.34. The van der Waals surface area contributed by atoms with Crippen LogP contribution >= 0.6 is 0 Å². The Bertz CT molecular complexity index is 1480. The van der Waals surface area contributed by atoms with Crippen molar-refractivity contribution in [2.45, 2.75) is 19.4 Å². The molecular formula is C28H23N3O5. The number of rotatable bonds is 8. The second kappa shape index (κ2) is 10.3. The molecule has 1 N–H and O–H groups in total. The number of amides is 1. The quantitative estimate of drug-likeness (QED) is 0.309. The number of hydrogen-bond acceptors (Lipinski definition) is 7. The van der Waals surface area contributed by atoms with Crippen molar-refractivity contribution in [2.75, 3.05) is 6.61 Å². The van der Waals surface area contributed by atoms with Crippen molar-refractivity contribution in [3.05, 3.63) is 108 Å². The fraction of sp³-hybridized carbons (Fsp3) is 0.143. The second-order valence-electron chi connectivity index (χ2n) is 8.28. The van der Waals surface area contributed by atoms with E-state index in [1.54, 1.807) is 25.1 Å². The molecule has 5 aromatic rings. The smallest absolute Gasteiger partial charge is 0.339 e. The van der Waals surface area contributed by atoms with E-state index in [-0.39, 0.29) is 17.3 Å². The molecule has 1 amide bonds. The molecule has 0 aliphatic carbocycles. The number of furan rings is 1. The fourth-order valence-electron chi connectivity index (χ4n) is 4.04. The summed E-state index contributed by atoms with van der Waals surface area (Å²) >= 11 is 0. The maximum Gasteiger partial charge on any atom is 0.339 e. The molecule has 0 saturated heterocycles. The minimum atomic E-state index is -0.684. The highest BCUT2D eigenvalue weighted by atomic mass is 16.5. The van der Waals surface area contributed by atoms with Crippen molar-refractivity contribution in [1.82, 2.24) is 15.5 Å². The van der Waals surface area contributed by atoms with E-state index >= 15 is 0 Å². The first-order chi connectivity index (χ1) is 17.6. The topological polar surface area (TPSA) is 107 Å². The average Bonchev–Trinajstić information content (AvgIpc) is 3.58. The van der Waals surface area contributed by atoms with E-state index < -0.39 is 18.5 Å². The summed E-state index contributed by atoms with van der Waals surface area (Å²) in [6.45, 7) is 1.26. The Kier molecular flexibility index (Phi) is 6.57. The minimum Gasteiger partial charge on any atom is -0.463 e. The van der Waals surface area contributed by atoms with Crippen molar-refractivity contribution in [3.63, 3.8) is 0 Å². The molecule has 0 bridgehead atoms. The highest BCUT2D eigenvalue weighted by molar-refractivity contribution is 6.04. The van der Waals surface area contributed by atoms with E-state index in [1.807, 2.05) is 60.7 Å². The van der Waals surface area contributed by atoms with Gasteiger partial charge in [-0.15, -0.1) is 0 Å². The summed E-state index contributed by atoms with van der Waals surface area (Å²) in [6.07, 6.45) is 2.11. The molecule has 0 aliphatic rings. The van der Waals surface area contributed by atoms with Gasteiger partial charge in [-0.25, -0.2) is 9.78 Å². The van der Waals surface area contributed by atoms with Crippen LogP contribution in [0.25, 0.3) is 22.6 Å². The SMILES string of the molecule is Cc1noc2nc(-c3ccco3)cc(C(=O)OCC(=O)NC(Cc3ccccc3)c3ccccc3)c12. The summed E-state index contributed by atoms with van der Waals surface area (Å²) in [5.41, 5.74) is 3.31. The minimum absolute atomic E-state index is 0.185. The summed E-state index contributed by atoms with van der Waals surface area (Å²) in [6, 6.07) is 24.3. The summed E-state index contributed by atoms with van der Waals surface area (Å²) < 4.78 is 16.1. The Morgan fingerprint density at radius 3 is 2.47 bits per heavy atom. The van der Waals surface area contributed by atoms with Gasteiger partial charge in [0.2, 0.25) is 0 Å². The van der Waals surface area contributed by atoms with Crippen molar-refractivity contribution >= 4 is 23.0 Å². The Morgan fingerprint density at radius 1 is 1.00 bits per heavy atom. The van der Waals surface area contributed by atoms with Crippen molar-refractivity contribution in [1.29, 1.82) is 0 Å². The molecule has 5 rings (SSSR count). The molecular weight excluding hydrogens is 458 g/mol. The standard InChI is InChI=1S/C28H23N3O5/c1-18-26-21(16-23(24-13-8-14-34-24)30-27(26)36-31-18)28(33)35-17-25(32)29-22(20-11-6-3-7-12-20)15-19-9-4-2-5-10-19/h2-14,16,22H,15,17H2,1H3,(H,29,32). The third-order valence-corrected chi connectivity index (χ3v) is 5.76. The summed E-state index contributed by atoms with van der Waals surface area (Å²) in [5.74, 6) is -0.632. The number of carbonyl (C=O) groups excluding carboxylic acids is 2. The Morgan fingerprint density at radius 2 is 1.75 bits per heavy atom. The summed E-state index contributed by atoms with van der Waals surface area (Å²) in [7, 11) is 0. The first-order valence-corrected chi connectivity index (χ1v) is 11.4. The number of nitrogens with zero attached hydrogens (tertiary/aromatic N) is 2. The number of aryl methyl sites for hydroxylation is 1. The lowest BCUT2D eigenvalue weighted by Crippen LogP contribution is -2.33. The van der Waals surface area contributed by atoms with Gasteiger partial charge in [0.15, 0.2) is 12.4 Å². The number of ether oxygens (including phenoxy) is 1. The molecule has 36 heavy (non-hydrogen) atoms. The predicted molar refractivity (Wildman–Crippen MR) is 132 cm³/mol. The maximum atomic E-state index is 13.1. The summed E-state index contributed by atoms with van der Waals surface area (Å²) in [4.78, 5) is 30.3. The lowest BCUT2D eigenvalue weighted by molar-refractivity contribution is -0.125. The molecule has 0 saturated carbocycles. The number of benzene rings is 2. The van der Waals surface area contributed by atoms with Crippen molar-refractivity contribution in [2.24, 2.45) is 0 Å². The van der Waals surface area contributed by atoms with Crippen molar-refractivity contribution in [3.8, 4) is 11.5 Å². The molecule has 3 aromatic heterocycles. The molecule has 8 heteroatoms. The van der Waals surface area contributed by atoms with Crippen LogP contribution in [0.4, 0.5) is 0 Å². The number of carbonyl (C=O) groups is 2. The number of esters is 1. The first-order valence-electron chi connectivity index (χ1n) is 11.4. The van der Waals surface area contributed by atoms with Gasteiger partial charge < -0.3 is 19.0 Å². The van der Waals surface area contributed by atoms with Gasteiger partial charge in [-0.3, -0.25) is 4.79 Å². The van der Waals surface area contributed by atoms with E-state index in [4.69, 9.17) is 13.7 Å². The van der Waals surface area contributed by atoms with Crippen LogP contribution in [0.1, 0.15) is 33.2 Å². The molecule has 2 aromatic carbocycles. The largest absolute Gasteiger partial charge is 0.463 e. The Labute approximate surface area is 206 Å². The van der Waals surface area contributed by atoms with E-state index in [2.05, 4.69) is 15.5 Å². The lowest BCUT2D eigenvalue weighted by Gasteiger charge is -2.19. The zero-order valence-electron chi connectivity index (χ0n) is 19.5. The highest BCUT2D eigenvalue weighted by Crippen LogP contribution is 2.28. The van der Waals surface area contributed by atoms with Crippen molar-refractivity contribution < 1.29 is 23.3 Å². The fourth-order valence-corrected chi connectivity index (χ4v) is 4.04. The van der Waals surface area contributed by atoms with E-state index in [9.17, 15) is 9.59 Å².